The van der Waals surface area contributed by atoms with Gasteiger partial charge < -0.3 is 9.42 Å². The average Bonchev–Trinajstić information content (AvgIpc) is 3.30. The van der Waals surface area contributed by atoms with Crippen molar-refractivity contribution in [3.63, 3.8) is 0 Å². The van der Waals surface area contributed by atoms with Gasteiger partial charge in [-0.3, -0.25) is 4.79 Å². The minimum atomic E-state index is -0.172. The largest absolute Gasteiger partial charge is 0.337 e. The van der Waals surface area contributed by atoms with E-state index in [1.807, 2.05) is 29.2 Å². The Balaban J connectivity index is 1.54. The fourth-order valence-electron chi connectivity index (χ4n) is 3.48. The van der Waals surface area contributed by atoms with Gasteiger partial charge in [0.05, 0.1) is 0 Å². The number of carbonyl (C=O) groups excluding carboxylic acids is 1. The van der Waals surface area contributed by atoms with Crippen molar-refractivity contribution >= 4 is 21.8 Å². The Morgan fingerprint density at radius 3 is 2.54 bits per heavy atom. The van der Waals surface area contributed by atoms with E-state index in [2.05, 4.69) is 64.2 Å². The number of halogens is 1. The van der Waals surface area contributed by atoms with Gasteiger partial charge in [0.1, 0.15) is 6.04 Å². The van der Waals surface area contributed by atoms with Gasteiger partial charge >= 0.3 is 0 Å². The van der Waals surface area contributed by atoms with Crippen LogP contribution in [-0.2, 0) is 11.3 Å². The topological polar surface area (TPSA) is 59.2 Å². The first kappa shape index (κ1) is 18.9. The Bertz CT molecular complexity index is 964. The molecule has 2 heterocycles. The van der Waals surface area contributed by atoms with E-state index >= 15 is 0 Å². The minimum Gasteiger partial charge on any atom is -0.337 e. The minimum absolute atomic E-state index is 0.126. The number of likely N-dealkylation sites (tertiary alicyclic amines) is 1. The van der Waals surface area contributed by atoms with Gasteiger partial charge in [0.15, 0.2) is 0 Å². The lowest BCUT2D eigenvalue weighted by atomic mass is 10.0. The zero-order chi connectivity index (χ0) is 19.7. The Hall–Kier alpha value is -2.47. The van der Waals surface area contributed by atoms with E-state index in [-0.39, 0.29) is 11.9 Å². The molecule has 3 aromatic rings. The Kier molecular flexibility index (Phi) is 5.31. The molecule has 0 radical (unpaired) electrons. The van der Waals surface area contributed by atoms with Gasteiger partial charge in [-0.25, -0.2) is 0 Å². The van der Waals surface area contributed by atoms with Crippen LogP contribution in [0.25, 0.3) is 11.4 Å². The van der Waals surface area contributed by atoms with Crippen molar-refractivity contribution in [3.8, 4) is 11.4 Å². The van der Waals surface area contributed by atoms with Crippen LogP contribution < -0.4 is 0 Å². The molecule has 1 fully saturated rings. The number of carbonyl (C=O) groups is 1. The summed E-state index contributed by atoms with van der Waals surface area (Å²) in [6.45, 7) is 4.90. The maximum atomic E-state index is 12.5. The lowest BCUT2D eigenvalue weighted by Crippen LogP contribution is -2.27. The summed E-state index contributed by atoms with van der Waals surface area (Å²) in [5, 5.41) is 4.12. The van der Waals surface area contributed by atoms with E-state index in [1.54, 1.807) is 0 Å². The van der Waals surface area contributed by atoms with Crippen molar-refractivity contribution < 1.29 is 9.32 Å². The molecule has 1 saturated heterocycles. The molecule has 1 unspecified atom stereocenters. The molecule has 0 bridgehead atoms. The Labute approximate surface area is 172 Å². The van der Waals surface area contributed by atoms with Crippen LogP contribution in [0.4, 0.5) is 0 Å². The Morgan fingerprint density at radius 1 is 1.14 bits per heavy atom. The number of amides is 1. The number of hydrogen-bond acceptors (Lipinski definition) is 4. The molecule has 28 heavy (non-hydrogen) atoms. The first-order valence-electron chi connectivity index (χ1n) is 9.49. The number of rotatable bonds is 5. The van der Waals surface area contributed by atoms with Gasteiger partial charge in [0.25, 0.3) is 0 Å². The molecule has 1 aromatic heterocycles. The number of benzene rings is 2. The fourth-order valence-corrected chi connectivity index (χ4v) is 3.74. The van der Waals surface area contributed by atoms with Crippen LogP contribution in [0, 0.1) is 0 Å². The van der Waals surface area contributed by atoms with Crippen molar-refractivity contribution in [2.24, 2.45) is 0 Å². The van der Waals surface area contributed by atoms with Gasteiger partial charge in [0, 0.05) is 23.0 Å². The smallest absolute Gasteiger partial charge is 0.249 e. The maximum absolute atomic E-state index is 12.5. The monoisotopic (exact) mass is 439 g/mol. The zero-order valence-corrected chi connectivity index (χ0v) is 17.5. The quantitative estimate of drug-likeness (QED) is 0.527. The first-order valence-corrected chi connectivity index (χ1v) is 10.3. The molecular weight excluding hydrogens is 418 g/mol. The highest BCUT2D eigenvalue weighted by Gasteiger charge is 2.36. The van der Waals surface area contributed by atoms with Crippen LogP contribution in [0.3, 0.4) is 0 Å². The zero-order valence-electron chi connectivity index (χ0n) is 15.9. The number of aromatic nitrogens is 2. The summed E-state index contributed by atoms with van der Waals surface area (Å²) in [6.07, 6.45) is 1.20. The molecule has 0 N–H and O–H groups in total. The molecule has 5 nitrogen and oxygen atoms in total. The van der Waals surface area contributed by atoms with Gasteiger partial charge in [-0.15, -0.1) is 0 Å². The summed E-state index contributed by atoms with van der Waals surface area (Å²) in [5.41, 5.74) is 3.29. The fraction of sp³-hybridized carbons (Fsp3) is 0.318. The predicted octanol–water partition coefficient (Wildman–Crippen LogP) is 5.49. The molecule has 1 amide bonds. The van der Waals surface area contributed by atoms with Gasteiger partial charge in [-0.2, -0.15) is 4.98 Å². The summed E-state index contributed by atoms with van der Waals surface area (Å²) >= 11 is 3.43. The van der Waals surface area contributed by atoms with Crippen molar-refractivity contribution in [1.29, 1.82) is 0 Å². The van der Waals surface area contributed by atoms with Crippen LogP contribution in [0.2, 0.25) is 0 Å². The molecule has 0 aliphatic carbocycles. The summed E-state index contributed by atoms with van der Waals surface area (Å²) < 4.78 is 6.53. The van der Waals surface area contributed by atoms with Crippen molar-refractivity contribution in [3.05, 3.63) is 70.0 Å². The predicted molar refractivity (Wildman–Crippen MR) is 110 cm³/mol. The van der Waals surface area contributed by atoms with E-state index in [0.29, 0.717) is 37.0 Å². The lowest BCUT2D eigenvalue weighted by Gasteiger charge is -2.22. The summed E-state index contributed by atoms with van der Waals surface area (Å²) in [5.74, 6) is 1.66. The van der Waals surface area contributed by atoms with Crippen LogP contribution in [0.1, 0.15) is 55.7 Å². The van der Waals surface area contributed by atoms with E-state index in [0.717, 1.165) is 15.6 Å². The van der Waals surface area contributed by atoms with Crippen LogP contribution in [0.15, 0.2) is 57.5 Å². The average molecular weight is 440 g/mol. The van der Waals surface area contributed by atoms with Crippen LogP contribution in [0.5, 0.6) is 0 Å². The molecule has 1 aliphatic heterocycles. The van der Waals surface area contributed by atoms with Gasteiger partial charge in [-0.1, -0.05) is 59.2 Å². The van der Waals surface area contributed by atoms with Crippen molar-refractivity contribution in [2.45, 2.75) is 45.2 Å². The second-order valence-electron chi connectivity index (χ2n) is 7.44. The molecule has 0 saturated carbocycles. The molecule has 6 heteroatoms. The van der Waals surface area contributed by atoms with Crippen LogP contribution in [-0.4, -0.2) is 20.9 Å². The molecule has 4 rings (SSSR count). The Morgan fingerprint density at radius 2 is 1.86 bits per heavy atom. The first-order chi connectivity index (χ1) is 13.5. The van der Waals surface area contributed by atoms with Crippen molar-refractivity contribution in [1.82, 2.24) is 15.0 Å². The molecular formula is C22H22BrN3O2. The third-order valence-electron chi connectivity index (χ3n) is 5.16. The lowest BCUT2D eigenvalue weighted by molar-refractivity contribution is -0.129. The van der Waals surface area contributed by atoms with E-state index in [1.165, 1.54) is 5.56 Å². The standard InChI is InChI=1S/C22H22BrN3O2/c1-14(2)16-5-3-15(4-6-16)13-26-19(11-12-20(26)27)22-24-21(25-28-22)17-7-9-18(23)10-8-17/h3-10,14,19H,11-13H2,1-2H3. The summed E-state index contributed by atoms with van der Waals surface area (Å²) in [7, 11) is 0. The summed E-state index contributed by atoms with van der Waals surface area (Å²) in [6, 6.07) is 16.0. The second kappa shape index (κ2) is 7.87. The van der Waals surface area contributed by atoms with E-state index < -0.39 is 0 Å². The maximum Gasteiger partial charge on any atom is 0.249 e. The molecule has 144 valence electrons. The summed E-state index contributed by atoms with van der Waals surface area (Å²) in [4.78, 5) is 18.9. The normalized spacial score (nSPS) is 16.9. The highest BCUT2D eigenvalue weighted by molar-refractivity contribution is 9.10. The van der Waals surface area contributed by atoms with Gasteiger partial charge in [0.2, 0.25) is 17.6 Å². The molecule has 1 atom stereocenters. The van der Waals surface area contributed by atoms with Crippen LogP contribution >= 0.6 is 15.9 Å². The number of hydrogen-bond donors (Lipinski definition) is 0. The molecule has 1 aliphatic rings. The second-order valence-corrected chi connectivity index (χ2v) is 8.35. The third kappa shape index (κ3) is 3.87. The molecule has 0 spiro atoms. The van der Waals surface area contributed by atoms with Crippen molar-refractivity contribution in [2.75, 3.05) is 0 Å². The SMILES string of the molecule is CC(C)c1ccc(CN2C(=O)CCC2c2nc(-c3ccc(Br)cc3)no2)cc1. The molecule has 2 aromatic carbocycles. The highest BCUT2D eigenvalue weighted by atomic mass is 79.9. The number of nitrogens with zero attached hydrogens (tertiary/aromatic N) is 3. The van der Waals surface area contributed by atoms with E-state index in [4.69, 9.17) is 4.52 Å². The van der Waals surface area contributed by atoms with Gasteiger partial charge in [-0.05, 0) is 47.7 Å². The highest BCUT2D eigenvalue weighted by Crippen LogP contribution is 2.34. The third-order valence-corrected chi connectivity index (χ3v) is 5.69. The van der Waals surface area contributed by atoms with E-state index in [9.17, 15) is 4.79 Å².